The molecule has 4 nitrogen and oxygen atoms in total. The molecule has 3 rings (SSSR count). The Morgan fingerprint density at radius 1 is 1.25 bits per heavy atom. The summed E-state index contributed by atoms with van der Waals surface area (Å²) in [6.07, 6.45) is 1.76. The summed E-state index contributed by atoms with van der Waals surface area (Å²) < 4.78 is 5.85. The standard InChI is InChI=1S/C15H14ClN3O/c1-9-6-10(4-5-18-9)15(19-17)14-8-11-7-12(16)2-3-13(11)20-14/h2-8,15,19H,17H2,1H3. The summed E-state index contributed by atoms with van der Waals surface area (Å²) in [4.78, 5) is 4.19. The second kappa shape index (κ2) is 5.25. The van der Waals surface area contributed by atoms with Crippen LogP contribution >= 0.6 is 11.6 Å². The van der Waals surface area contributed by atoms with Crippen LogP contribution in [-0.2, 0) is 0 Å². The van der Waals surface area contributed by atoms with Crippen LogP contribution in [0.5, 0.6) is 0 Å². The summed E-state index contributed by atoms with van der Waals surface area (Å²) in [5.41, 5.74) is 5.51. The number of rotatable bonds is 3. The van der Waals surface area contributed by atoms with Crippen molar-refractivity contribution in [2.75, 3.05) is 0 Å². The lowest BCUT2D eigenvalue weighted by molar-refractivity contribution is 0.477. The molecule has 3 N–H and O–H groups in total. The molecule has 1 unspecified atom stereocenters. The normalized spacial score (nSPS) is 12.8. The highest BCUT2D eigenvalue weighted by Gasteiger charge is 2.17. The molecule has 0 spiro atoms. The highest BCUT2D eigenvalue weighted by atomic mass is 35.5. The van der Waals surface area contributed by atoms with Gasteiger partial charge in [-0.2, -0.15) is 0 Å². The van der Waals surface area contributed by atoms with E-state index in [0.29, 0.717) is 5.02 Å². The summed E-state index contributed by atoms with van der Waals surface area (Å²) in [6, 6.07) is 11.1. The van der Waals surface area contributed by atoms with Crippen LogP contribution in [-0.4, -0.2) is 4.98 Å². The first-order valence-electron chi connectivity index (χ1n) is 6.25. The van der Waals surface area contributed by atoms with Crippen molar-refractivity contribution in [3.63, 3.8) is 0 Å². The van der Waals surface area contributed by atoms with Gasteiger partial charge < -0.3 is 4.42 Å². The topological polar surface area (TPSA) is 64.1 Å². The SMILES string of the molecule is Cc1cc(C(NN)c2cc3cc(Cl)ccc3o2)ccn1. The minimum atomic E-state index is -0.220. The van der Waals surface area contributed by atoms with Crippen LogP contribution in [0.1, 0.15) is 23.1 Å². The molecular weight excluding hydrogens is 274 g/mol. The van der Waals surface area contributed by atoms with Crippen molar-refractivity contribution in [1.82, 2.24) is 10.4 Å². The molecule has 0 amide bonds. The van der Waals surface area contributed by atoms with Crippen molar-refractivity contribution in [2.24, 2.45) is 5.84 Å². The fourth-order valence-electron chi connectivity index (χ4n) is 2.27. The average molecular weight is 288 g/mol. The summed E-state index contributed by atoms with van der Waals surface area (Å²) in [5, 5.41) is 1.64. The van der Waals surface area contributed by atoms with Crippen LogP contribution in [0, 0.1) is 6.92 Å². The lowest BCUT2D eigenvalue weighted by Crippen LogP contribution is -2.28. The van der Waals surface area contributed by atoms with Crippen molar-refractivity contribution in [1.29, 1.82) is 0 Å². The Balaban J connectivity index is 2.07. The number of halogens is 1. The van der Waals surface area contributed by atoms with Gasteiger partial charge in [0, 0.05) is 22.3 Å². The predicted octanol–water partition coefficient (Wildman–Crippen LogP) is 3.34. The van der Waals surface area contributed by atoms with Crippen LogP contribution in [0.25, 0.3) is 11.0 Å². The number of pyridine rings is 1. The van der Waals surface area contributed by atoms with Gasteiger partial charge in [0.15, 0.2) is 0 Å². The number of aryl methyl sites for hydroxylation is 1. The van der Waals surface area contributed by atoms with Gasteiger partial charge in [-0.1, -0.05) is 11.6 Å². The molecule has 102 valence electrons. The Morgan fingerprint density at radius 2 is 2.10 bits per heavy atom. The molecule has 0 radical (unpaired) electrons. The fourth-order valence-corrected chi connectivity index (χ4v) is 2.45. The maximum absolute atomic E-state index is 5.99. The molecule has 2 heterocycles. The molecule has 0 fully saturated rings. The van der Waals surface area contributed by atoms with E-state index in [9.17, 15) is 0 Å². The van der Waals surface area contributed by atoms with Crippen LogP contribution in [0.3, 0.4) is 0 Å². The first-order chi connectivity index (χ1) is 9.67. The predicted molar refractivity (Wildman–Crippen MR) is 79.4 cm³/mol. The molecule has 0 saturated heterocycles. The number of nitrogens with zero attached hydrogens (tertiary/aromatic N) is 1. The Labute approximate surface area is 121 Å². The molecule has 20 heavy (non-hydrogen) atoms. The van der Waals surface area contributed by atoms with Gasteiger partial charge in [0.25, 0.3) is 0 Å². The number of hydrazine groups is 1. The van der Waals surface area contributed by atoms with E-state index in [4.69, 9.17) is 21.9 Å². The number of benzene rings is 1. The zero-order valence-corrected chi connectivity index (χ0v) is 11.7. The quantitative estimate of drug-likeness (QED) is 0.573. The van der Waals surface area contributed by atoms with Gasteiger partial charge in [0.05, 0.1) is 0 Å². The largest absolute Gasteiger partial charge is 0.459 e. The Kier molecular flexibility index (Phi) is 3.44. The van der Waals surface area contributed by atoms with Crippen molar-refractivity contribution in [3.05, 3.63) is 64.6 Å². The van der Waals surface area contributed by atoms with E-state index in [1.807, 2.05) is 37.3 Å². The number of hydrogen-bond acceptors (Lipinski definition) is 4. The van der Waals surface area contributed by atoms with Gasteiger partial charge in [-0.05, 0) is 48.9 Å². The highest BCUT2D eigenvalue weighted by molar-refractivity contribution is 6.31. The van der Waals surface area contributed by atoms with Crippen LogP contribution in [0.4, 0.5) is 0 Å². The summed E-state index contributed by atoms with van der Waals surface area (Å²) >= 11 is 5.99. The molecule has 3 aromatic rings. The first-order valence-corrected chi connectivity index (χ1v) is 6.63. The van der Waals surface area contributed by atoms with E-state index in [2.05, 4.69) is 10.4 Å². The van der Waals surface area contributed by atoms with Gasteiger partial charge in [0.1, 0.15) is 17.4 Å². The van der Waals surface area contributed by atoms with Gasteiger partial charge in [0.2, 0.25) is 0 Å². The van der Waals surface area contributed by atoms with Crippen molar-refractivity contribution in [2.45, 2.75) is 13.0 Å². The lowest BCUT2D eigenvalue weighted by atomic mass is 10.1. The van der Waals surface area contributed by atoms with E-state index in [-0.39, 0.29) is 6.04 Å². The maximum Gasteiger partial charge on any atom is 0.134 e. The van der Waals surface area contributed by atoms with Crippen LogP contribution in [0.15, 0.2) is 47.0 Å². The van der Waals surface area contributed by atoms with Crippen LogP contribution < -0.4 is 11.3 Å². The Hall–Kier alpha value is -1.88. The van der Waals surface area contributed by atoms with Gasteiger partial charge in [-0.3, -0.25) is 10.8 Å². The van der Waals surface area contributed by atoms with Crippen molar-refractivity contribution in [3.8, 4) is 0 Å². The Bertz CT molecular complexity index is 754. The molecule has 1 aromatic carbocycles. The third-order valence-electron chi connectivity index (χ3n) is 3.20. The minimum absolute atomic E-state index is 0.220. The third-order valence-corrected chi connectivity index (χ3v) is 3.44. The number of aromatic nitrogens is 1. The van der Waals surface area contributed by atoms with Crippen LogP contribution in [0.2, 0.25) is 5.02 Å². The molecule has 0 saturated carbocycles. The highest BCUT2D eigenvalue weighted by Crippen LogP contribution is 2.29. The molecule has 0 aliphatic rings. The second-order valence-electron chi connectivity index (χ2n) is 4.66. The second-order valence-corrected chi connectivity index (χ2v) is 5.10. The molecule has 0 aliphatic carbocycles. The maximum atomic E-state index is 5.99. The third kappa shape index (κ3) is 2.41. The van der Waals surface area contributed by atoms with E-state index in [0.717, 1.165) is 28.0 Å². The summed E-state index contributed by atoms with van der Waals surface area (Å²) in [5.74, 6) is 6.43. The number of furan rings is 1. The summed E-state index contributed by atoms with van der Waals surface area (Å²) in [7, 11) is 0. The molecule has 1 atom stereocenters. The first kappa shape index (κ1) is 13.1. The number of fused-ring (bicyclic) bond motifs is 1. The number of hydrogen-bond donors (Lipinski definition) is 2. The zero-order valence-electron chi connectivity index (χ0n) is 10.9. The van der Waals surface area contributed by atoms with Crippen molar-refractivity contribution < 1.29 is 4.42 Å². The van der Waals surface area contributed by atoms with Crippen molar-refractivity contribution >= 4 is 22.6 Å². The average Bonchev–Trinajstić information content (AvgIpc) is 2.82. The molecule has 5 heteroatoms. The summed E-state index contributed by atoms with van der Waals surface area (Å²) in [6.45, 7) is 1.94. The number of nitrogens with one attached hydrogen (secondary N) is 1. The van der Waals surface area contributed by atoms with Gasteiger partial charge >= 0.3 is 0 Å². The zero-order chi connectivity index (χ0) is 14.1. The van der Waals surface area contributed by atoms with E-state index >= 15 is 0 Å². The molecular formula is C15H14ClN3O. The minimum Gasteiger partial charge on any atom is -0.459 e. The molecule has 0 aliphatic heterocycles. The molecule has 0 bridgehead atoms. The van der Waals surface area contributed by atoms with E-state index in [1.165, 1.54) is 0 Å². The van der Waals surface area contributed by atoms with E-state index < -0.39 is 0 Å². The monoisotopic (exact) mass is 287 g/mol. The van der Waals surface area contributed by atoms with E-state index in [1.54, 1.807) is 12.3 Å². The smallest absolute Gasteiger partial charge is 0.134 e. The Morgan fingerprint density at radius 3 is 2.85 bits per heavy atom. The fraction of sp³-hybridized carbons (Fsp3) is 0.133. The van der Waals surface area contributed by atoms with Gasteiger partial charge in [-0.25, -0.2) is 5.43 Å². The number of nitrogens with two attached hydrogens (primary N) is 1. The molecule has 2 aromatic heterocycles. The lowest BCUT2D eigenvalue weighted by Gasteiger charge is -2.13. The van der Waals surface area contributed by atoms with Gasteiger partial charge in [-0.15, -0.1) is 0 Å².